The Labute approximate surface area is 127 Å². The van der Waals surface area contributed by atoms with Crippen molar-refractivity contribution in [2.45, 2.75) is 19.8 Å². The summed E-state index contributed by atoms with van der Waals surface area (Å²) in [6, 6.07) is 4.03. The Balaban J connectivity index is 2.38. The molecule has 0 bridgehead atoms. The molecule has 0 saturated heterocycles. The van der Waals surface area contributed by atoms with Gasteiger partial charge in [0.15, 0.2) is 0 Å². The summed E-state index contributed by atoms with van der Waals surface area (Å²) in [5.41, 5.74) is 0. The van der Waals surface area contributed by atoms with Crippen LogP contribution >= 0.6 is 11.6 Å². The molecule has 0 aliphatic rings. The smallest absolute Gasteiger partial charge is 0.327 e. The number of nitrogens with zero attached hydrogens (tertiary/aromatic N) is 4. The minimum absolute atomic E-state index is 0.110. The molecule has 21 heavy (non-hydrogen) atoms. The molecule has 0 aliphatic heterocycles. The summed E-state index contributed by atoms with van der Waals surface area (Å²) in [7, 11) is 3.64. The lowest BCUT2D eigenvalue weighted by Crippen LogP contribution is -2.15. The van der Waals surface area contributed by atoms with Crippen molar-refractivity contribution in [3.05, 3.63) is 34.9 Å². The highest BCUT2D eigenvalue weighted by atomic mass is 35.5. The second-order valence-electron chi connectivity index (χ2n) is 5.03. The van der Waals surface area contributed by atoms with Crippen LogP contribution < -0.4 is 9.64 Å². The van der Waals surface area contributed by atoms with Gasteiger partial charge in [-0.2, -0.15) is 15.0 Å². The summed E-state index contributed by atoms with van der Waals surface area (Å²) in [5, 5.41) is 0.246. The molecule has 2 aromatic rings. The molecule has 7 heteroatoms. The molecule has 0 radical (unpaired) electrons. The molecule has 1 aromatic carbocycles. The van der Waals surface area contributed by atoms with Crippen LogP contribution in [0.1, 0.15) is 25.6 Å². The van der Waals surface area contributed by atoms with Gasteiger partial charge >= 0.3 is 6.01 Å². The first-order valence-electron chi connectivity index (χ1n) is 6.42. The van der Waals surface area contributed by atoms with Crippen molar-refractivity contribution in [2.75, 3.05) is 19.0 Å². The van der Waals surface area contributed by atoms with E-state index in [1.165, 1.54) is 18.2 Å². The van der Waals surface area contributed by atoms with Crippen LogP contribution in [-0.4, -0.2) is 29.0 Å². The Morgan fingerprint density at radius 1 is 1.14 bits per heavy atom. The zero-order valence-electron chi connectivity index (χ0n) is 12.3. The molecule has 0 amide bonds. The maximum atomic E-state index is 13.3. The molecule has 0 spiro atoms. The number of halogens is 2. The number of ether oxygens (including phenoxy) is 1. The Kier molecular flexibility index (Phi) is 4.57. The summed E-state index contributed by atoms with van der Waals surface area (Å²) in [4.78, 5) is 14.5. The van der Waals surface area contributed by atoms with Crippen molar-refractivity contribution in [1.82, 2.24) is 15.0 Å². The zero-order chi connectivity index (χ0) is 15.6. The standard InChI is InChI=1S/C14H16ClFN4O/c1-8(2)12-17-13(20(3)4)19-14(18-12)21-11-6-9(15)5-10(16)7-11/h5-8H,1-4H3. The summed E-state index contributed by atoms with van der Waals surface area (Å²) in [6.07, 6.45) is 0. The van der Waals surface area contributed by atoms with Crippen LogP contribution in [0.25, 0.3) is 0 Å². The summed E-state index contributed by atoms with van der Waals surface area (Å²) < 4.78 is 18.8. The summed E-state index contributed by atoms with van der Waals surface area (Å²) >= 11 is 5.80. The number of hydrogen-bond donors (Lipinski definition) is 0. The van der Waals surface area contributed by atoms with Crippen LogP contribution in [0.2, 0.25) is 5.02 Å². The molecule has 0 atom stereocenters. The van der Waals surface area contributed by atoms with E-state index in [0.717, 1.165) is 0 Å². The third-order valence-corrected chi connectivity index (χ3v) is 2.80. The quantitative estimate of drug-likeness (QED) is 0.863. The lowest BCUT2D eigenvalue weighted by molar-refractivity contribution is 0.431. The van der Waals surface area contributed by atoms with Gasteiger partial charge in [-0.05, 0) is 12.1 Å². The van der Waals surface area contributed by atoms with Gasteiger partial charge in [-0.3, -0.25) is 0 Å². The van der Waals surface area contributed by atoms with E-state index in [1.807, 2.05) is 27.9 Å². The van der Waals surface area contributed by atoms with Gasteiger partial charge in [0.1, 0.15) is 17.4 Å². The fourth-order valence-corrected chi connectivity index (χ4v) is 1.77. The molecule has 1 aromatic heterocycles. The molecule has 1 heterocycles. The number of benzene rings is 1. The zero-order valence-corrected chi connectivity index (χ0v) is 13.0. The second-order valence-corrected chi connectivity index (χ2v) is 5.47. The second kappa shape index (κ2) is 6.22. The van der Waals surface area contributed by atoms with Crippen LogP contribution in [0.15, 0.2) is 18.2 Å². The highest BCUT2D eigenvalue weighted by Gasteiger charge is 2.13. The van der Waals surface area contributed by atoms with Gasteiger partial charge in [0.2, 0.25) is 5.95 Å². The van der Waals surface area contributed by atoms with E-state index >= 15 is 0 Å². The van der Waals surface area contributed by atoms with Crippen molar-refractivity contribution in [3.63, 3.8) is 0 Å². The minimum atomic E-state index is -0.483. The van der Waals surface area contributed by atoms with Crippen molar-refractivity contribution < 1.29 is 9.13 Å². The first-order chi connectivity index (χ1) is 9.85. The number of rotatable bonds is 4. The molecule has 0 unspecified atom stereocenters. The first kappa shape index (κ1) is 15.4. The van der Waals surface area contributed by atoms with Crippen LogP contribution in [0, 0.1) is 5.82 Å². The van der Waals surface area contributed by atoms with E-state index in [4.69, 9.17) is 16.3 Å². The molecular formula is C14H16ClFN4O. The van der Waals surface area contributed by atoms with E-state index in [0.29, 0.717) is 11.8 Å². The highest BCUT2D eigenvalue weighted by molar-refractivity contribution is 6.30. The minimum Gasteiger partial charge on any atom is -0.424 e. The molecule has 0 fully saturated rings. The molecule has 112 valence electrons. The van der Waals surface area contributed by atoms with Crippen molar-refractivity contribution in [3.8, 4) is 11.8 Å². The summed E-state index contributed by atoms with van der Waals surface area (Å²) in [6.45, 7) is 3.94. The molecule has 0 saturated carbocycles. The van der Waals surface area contributed by atoms with Crippen molar-refractivity contribution in [2.24, 2.45) is 0 Å². The Hall–Kier alpha value is -1.95. The van der Waals surface area contributed by atoms with Crippen LogP contribution in [0.3, 0.4) is 0 Å². The normalized spacial score (nSPS) is 10.8. The molecular weight excluding hydrogens is 295 g/mol. The number of anilines is 1. The van der Waals surface area contributed by atoms with Crippen molar-refractivity contribution in [1.29, 1.82) is 0 Å². The number of hydrogen-bond acceptors (Lipinski definition) is 5. The largest absolute Gasteiger partial charge is 0.424 e. The van der Waals surface area contributed by atoms with Gasteiger partial charge in [0, 0.05) is 31.1 Å². The third-order valence-electron chi connectivity index (χ3n) is 2.58. The van der Waals surface area contributed by atoms with Crippen LogP contribution in [0.4, 0.5) is 10.3 Å². The fraction of sp³-hybridized carbons (Fsp3) is 0.357. The lowest BCUT2D eigenvalue weighted by Gasteiger charge is -2.14. The average molecular weight is 311 g/mol. The van der Waals surface area contributed by atoms with Gasteiger partial charge in [0.25, 0.3) is 0 Å². The van der Waals surface area contributed by atoms with Gasteiger partial charge in [-0.25, -0.2) is 4.39 Å². The molecule has 0 aliphatic carbocycles. The van der Waals surface area contributed by atoms with Crippen LogP contribution in [0.5, 0.6) is 11.8 Å². The number of aromatic nitrogens is 3. The van der Waals surface area contributed by atoms with Crippen molar-refractivity contribution >= 4 is 17.5 Å². The topological polar surface area (TPSA) is 51.1 Å². The monoisotopic (exact) mass is 310 g/mol. The fourth-order valence-electron chi connectivity index (χ4n) is 1.56. The highest BCUT2D eigenvalue weighted by Crippen LogP contribution is 2.25. The lowest BCUT2D eigenvalue weighted by atomic mass is 10.2. The van der Waals surface area contributed by atoms with E-state index in [-0.39, 0.29) is 22.7 Å². The predicted octanol–water partition coefficient (Wildman–Crippen LogP) is 3.65. The molecule has 0 N–H and O–H groups in total. The SMILES string of the molecule is CC(C)c1nc(Oc2cc(F)cc(Cl)c2)nc(N(C)C)n1. The van der Waals surface area contributed by atoms with Crippen LogP contribution in [-0.2, 0) is 0 Å². The first-order valence-corrected chi connectivity index (χ1v) is 6.80. The third kappa shape index (κ3) is 4.01. The van der Waals surface area contributed by atoms with Gasteiger partial charge in [-0.1, -0.05) is 25.4 Å². The maximum Gasteiger partial charge on any atom is 0.327 e. The van der Waals surface area contributed by atoms with Gasteiger partial charge in [-0.15, -0.1) is 0 Å². The maximum absolute atomic E-state index is 13.3. The Bertz CT molecular complexity index is 602. The summed E-state index contributed by atoms with van der Waals surface area (Å²) in [5.74, 6) is 0.955. The Morgan fingerprint density at radius 2 is 1.86 bits per heavy atom. The van der Waals surface area contributed by atoms with E-state index in [9.17, 15) is 4.39 Å². The molecule has 2 rings (SSSR count). The Morgan fingerprint density at radius 3 is 2.43 bits per heavy atom. The van der Waals surface area contributed by atoms with Gasteiger partial charge < -0.3 is 9.64 Å². The van der Waals surface area contributed by atoms with E-state index < -0.39 is 5.82 Å². The van der Waals surface area contributed by atoms with E-state index in [2.05, 4.69) is 15.0 Å². The average Bonchev–Trinajstić information content (AvgIpc) is 2.36. The van der Waals surface area contributed by atoms with Gasteiger partial charge in [0.05, 0.1) is 0 Å². The van der Waals surface area contributed by atoms with E-state index in [1.54, 1.807) is 4.90 Å². The molecule has 5 nitrogen and oxygen atoms in total. The predicted molar refractivity (Wildman–Crippen MR) is 79.7 cm³/mol.